The van der Waals surface area contributed by atoms with E-state index < -0.39 is 0 Å². The van der Waals surface area contributed by atoms with E-state index in [2.05, 4.69) is 17.4 Å². The van der Waals surface area contributed by atoms with Gasteiger partial charge in [0, 0.05) is 16.5 Å². The molecule has 1 aromatic carbocycles. The third-order valence-corrected chi connectivity index (χ3v) is 5.50. The number of hydrogen-bond acceptors (Lipinski definition) is 5. The molecule has 124 valence electrons. The van der Waals surface area contributed by atoms with Gasteiger partial charge in [0.15, 0.2) is 0 Å². The van der Waals surface area contributed by atoms with Gasteiger partial charge in [-0.3, -0.25) is 0 Å². The molecule has 0 radical (unpaired) electrons. The van der Waals surface area contributed by atoms with Gasteiger partial charge < -0.3 is 15.2 Å². The maximum Gasteiger partial charge on any atom is 0.123 e. The van der Waals surface area contributed by atoms with Crippen molar-refractivity contribution in [2.24, 2.45) is 0 Å². The molecule has 1 aromatic heterocycles. The summed E-state index contributed by atoms with van der Waals surface area (Å²) < 4.78 is 5.22. The lowest BCUT2D eigenvalue weighted by Crippen LogP contribution is -2.26. The topological polar surface area (TPSA) is 54.4 Å². The third kappa shape index (κ3) is 3.91. The van der Waals surface area contributed by atoms with Crippen LogP contribution in [0, 0.1) is 0 Å². The molecule has 5 heteroatoms. The van der Waals surface area contributed by atoms with E-state index in [1.165, 1.54) is 17.0 Å². The Morgan fingerprint density at radius 2 is 2.17 bits per heavy atom. The average molecular weight is 332 g/mol. The lowest BCUT2D eigenvalue weighted by Gasteiger charge is -2.22. The van der Waals surface area contributed by atoms with Crippen molar-refractivity contribution in [1.82, 2.24) is 10.3 Å². The summed E-state index contributed by atoms with van der Waals surface area (Å²) in [7, 11) is 1.68. The summed E-state index contributed by atoms with van der Waals surface area (Å²) in [6.07, 6.45) is 3.93. The zero-order valence-corrected chi connectivity index (χ0v) is 14.5. The zero-order valence-electron chi connectivity index (χ0n) is 13.7. The first-order valence-electron chi connectivity index (χ1n) is 8.23. The van der Waals surface area contributed by atoms with E-state index in [1.807, 2.05) is 19.1 Å². The monoisotopic (exact) mass is 332 g/mol. The fourth-order valence-electron chi connectivity index (χ4n) is 2.94. The third-order valence-electron chi connectivity index (χ3n) is 4.24. The second kappa shape index (κ2) is 7.43. The van der Waals surface area contributed by atoms with Crippen LogP contribution in [0.1, 0.15) is 42.8 Å². The number of methoxy groups -OCH3 is 1. The highest BCUT2D eigenvalue weighted by molar-refractivity contribution is 7.15. The van der Waals surface area contributed by atoms with Crippen LogP contribution in [0.25, 0.3) is 10.6 Å². The molecular weight excluding hydrogens is 308 g/mol. The molecule has 4 nitrogen and oxygen atoms in total. The predicted molar refractivity (Wildman–Crippen MR) is 94.1 cm³/mol. The largest absolute Gasteiger partial charge is 0.497 e. The Morgan fingerprint density at radius 3 is 2.87 bits per heavy atom. The Hall–Kier alpha value is -1.43. The van der Waals surface area contributed by atoms with Crippen LogP contribution in [0.5, 0.6) is 5.75 Å². The molecule has 1 aliphatic carbocycles. The summed E-state index contributed by atoms with van der Waals surface area (Å²) in [5.74, 6) is 0.868. The number of fused-ring (bicyclic) bond motifs is 1. The van der Waals surface area contributed by atoms with Crippen molar-refractivity contribution in [2.45, 2.75) is 44.8 Å². The number of nitrogens with zero attached hydrogens (tertiary/aromatic N) is 1. The highest BCUT2D eigenvalue weighted by Gasteiger charge is 2.24. The molecule has 0 aliphatic heterocycles. The fourth-order valence-corrected chi connectivity index (χ4v) is 4.16. The van der Waals surface area contributed by atoms with Crippen LogP contribution in [0.15, 0.2) is 24.3 Å². The molecule has 2 aromatic rings. The number of aryl methyl sites for hydroxylation is 1. The quantitative estimate of drug-likeness (QED) is 0.849. The van der Waals surface area contributed by atoms with E-state index in [0.29, 0.717) is 6.04 Å². The molecule has 0 bridgehead atoms. The van der Waals surface area contributed by atoms with Crippen molar-refractivity contribution in [1.29, 1.82) is 0 Å². The van der Waals surface area contributed by atoms with Gasteiger partial charge in [0.25, 0.3) is 0 Å². The van der Waals surface area contributed by atoms with Crippen molar-refractivity contribution in [3.05, 3.63) is 34.8 Å². The smallest absolute Gasteiger partial charge is 0.123 e. The highest BCUT2D eigenvalue weighted by atomic mass is 32.1. The number of aliphatic hydroxyl groups excluding tert-OH is 1. The molecule has 2 atom stereocenters. The van der Waals surface area contributed by atoms with Gasteiger partial charge >= 0.3 is 0 Å². The Bertz CT molecular complexity index is 637. The number of benzene rings is 1. The number of thiazole rings is 1. The minimum absolute atomic E-state index is 0.248. The van der Waals surface area contributed by atoms with Crippen molar-refractivity contribution in [3.63, 3.8) is 0 Å². The van der Waals surface area contributed by atoms with E-state index in [4.69, 9.17) is 9.72 Å². The Labute approximate surface area is 141 Å². The van der Waals surface area contributed by atoms with Gasteiger partial charge in [-0.15, -0.1) is 11.3 Å². The number of rotatable bonds is 6. The van der Waals surface area contributed by atoms with Crippen LogP contribution in [0.2, 0.25) is 0 Å². The van der Waals surface area contributed by atoms with Crippen LogP contribution < -0.4 is 10.1 Å². The molecular formula is C18H24N2O2S. The van der Waals surface area contributed by atoms with Crippen LogP contribution in [-0.2, 0) is 6.42 Å². The van der Waals surface area contributed by atoms with Crippen LogP contribution in [-0.4, -0.2) is 29.8 Å². The molecule has 2 unspecified atom stereocenters. The Kier molecular flexibility index (Phi) is 5.30. The molecule has 0 saturated carbocycles. The van der Waals surface area contributed by atoms with E-state index in [1.54, 1.807) is 18.4 Å². The summed E-state index contributed by atoms with van der Waals surface area (Å²) >= 11 is 1.79. The number of aromatic nitrogens is 1. The number of nitrogens with one attached hydrogen (secondary N) is 1. The van der Waals surface area contributed by atoms with Gasteiger partial charge in [0.05, 0.1) is 18.9 Å². The molecule has 1 heterocycles. The number of hydrogen-bond donors (Lipinski definition) is 2. The summed E-state index contributed by atoms with van der Waals surface area (Å²) in [5.41, 5.74) is 2.38. The fraction of sp³-hybridized carbons (Fsp3) is 0.500. The molecule has 0 saturated heterocycles. The molecule has 0 fully saturated rings. The molecule has 0 amide bonds. The summed E-state index contributed by atoms with van der Waals surface area (Å²) in [5, 5.41) is 14.1. The second-order valence-corrected chi connectivity index (χ2v) is 7.13. The number of ether oxygens (including phenoxy) is 1. The summed E-state index contributed by atoms with van der Waals surface area (Å²) in [6, 6.07) is 8.47. The first kappa shape index (κ1) is 16.4. The van der Waals surface area contributed by atoms with Crippen LogP contribution >= 0.6 is 11.3 Å². The molecule has 2 N–H and O–H groups in total. The SMILES string of the molecule is COc1ccc(-c2nc3c(s2)C(NCCC(C)O)CCC3)cc1. The Balaban J connectivity index is 1.76. The lowest BCUT2D eigenvalue weighted by molar-refractivity contribution is 0.182. The standard InChI is InChI=1S/C18H24N2O2S/c1-12(21)10-11-19-15-4-3-5-16-17(15)23-18(20-16)13-6-8-14(22-2)9-7-13/h6-9,12,15,19,21H,3-5,10-11H2,1-2H3. The minimum atomic E-state index is -0.248. The van der Waals surface area contributed by atoms with E-state index >= 15 is 0 Å². The van der Waals surface area contributed by atoms with Gasteiger partial charge in [-0.2, -0.15) is 0 Å². The number of aliphatic hydroxyl groups is 1. The van der Waals surface area contributed by atoms with Gasteiger partial charge in [0.2, 0.25) is 0 Å². The van der Waals surface area contributed by atoms with E-state index in [-0.39, 0.29) is 6.10 Å². The van der Waals surface area contributed by atoms with Gasteiger partial charge in [-0.25, -0.2) is 4.98 Å². The van der Waals surface area contributed by atoms with Gasteiger partial charge in [0.1, 0.15) is 10.8 Å². The first-order valence-corrected chi connectivity index (χ1v) is 9.04. The van der Waals surface area contributed by atoms with Crippen LogP contribution in [0.4, 0.5) is 0 Å². The molecule has 0 spiro atoms. The molecule has 23 heavy (non-hydrogen) atoms. The first-order chi connectivity index (χ1) is 11.2. The van der Waals surface area contributed by atoms with Crippen molar-refractivity contribution in [2.75, 3.05) is 13.7 Å². The average Bonchev–Trinajstić information content (AvgIpc) is 2.99. The van der Waals surface area contributed by atoms with Gasteiger partial charge in [-0.05, 0) is 63.4 Å². The maximum absolute atomic E-state index is 9.41. The summed E-state index contributed by atoms with van der Waals surface area (Å²) in [4.78, 5) is 6.23. The van der Waals surface area contributed by atoms with Crippen molar-refractivity contribution < 1.29 is 9.84 Å². The Morgan fingerprint density at radius 1 is 1.39 bits per heavy atom. The lowest BCUT2D eigenvalue weighted by atomic mass is 9.98. The van der Waals surface area contributed by atoms with Crippen LogP contribution in [0.3, 0.4) is 0 Å². The van der Waals surface area contributed by atoms with E-state index in [0.717, 1.165) is 42.1 Å². The predicted octanol–water partition coefficient (Wildman–Crippen LogP) is 3.56. The normalized spacial score (nSPS) is 18.5. The van der Waals surface area contributed by atoms with Gasteiger partial charge in [-0.1, -0.05) is 0 Å². The molecule has 1 aliphatic rings. The second-order valence-electron chi connectivity index (χ2n) is 6.10. The van der Waals surface area contributed by atoms with Crippen molar-refractivity contribution in [3.8, 4) is 16.3 Å². The van der Waals surface area contributed by atoms with Crippen molar-refractivity contribution >= 4 is 11.3 Å². The molecule has 3 rings (SSSR count). The zero-order chi connectivity index (χ0) is 16.2. The van der Waals surface area contributed by atoms with E-state index in [9.17, 15) is 5.11 Å². The summed E-state index contributed by atoms with van der Waals surface area (Å²) in [6.45, 7) is 2.68. The highest BCUT2D eigenvalue weighted by Crippen LogP contribution is 2.38. The maximum atomic E-state index is 9.41. The minimum Gasteiger partial charge on any atom is -0.497 e.